The second-order valence-electron chi connectivity index (χ2n) is 11.4. The summed E-state index contributed by atoms with van der Waals surface area (Å²) in [5.41, 5.74) is 12.2. The molecule has 0 bridgehead atoms. The number of nitrogens with zero attached hydrogens (tertiary/aromatic N) is 4. The van der Waals surface area contributed by atoms with Crippen molar-refractivity contribution in [3.8, 4) is 0 Å². The molecule has 0 spiro atoms. The number of aromatic nitrogens is 3. The number of pyridine rings is 3. The van der Waals surface area contributed by atoms with E-state index < -0.39 is 53.0 Å². The van der Waals surface area contributed by atoms with E-state index in [1.54, 1.807) is 38.1 Å². The monoisotopic (exact) mass is 695 g/mol. The van der Waals surface area contributed by atoms with Gasteiger partial charge in [0.25, 0.3) is 5.56 Å². The molecule has 5 N–H and O–H groups in total. The largest absolute Gasteiger partial charge is 0.405 e. The van der Waals surface area contributed by atoms with Gasteiger partial charge >= 0.3 is 6.61 Å². The summed E-state index contributed by atoms with van der Waals surface area (Å²) in [5.74, 6) is -1.75. The van der Waals surface area contributed by atoms with Crippen molar-refractivity contribution in [2.45, 2.75) is 43.6 Å². The van der Waals surface area contributed by atoms with Gasteiger partial charge in [-0.3, -0.25) is 9.79 Å². The van der Waals surface area contributed by atoms with Crippen molar-refractivity contribution < 1.29 is 31.2 Å². The zero-order valence-electron chi connectivity index (χ0n) is 26.6. The molecule has 0 fully saturated rings. The summed E-state index contributed by atoms with van der Waals surface area (Å²) in [6.07, 6.45) is 3.79. The van der Waals surface area contributed by atoms with Crippen molar-refractivity contribution in [2.24, 2.45) is 16.5 Å². The van der Waals surface area contributed by atoms with E-state index in [0.29, 0.717) is 32.5 Å². The highest BCUT2D eigenvalue weighted by molar-refractivity contribution is 6.01. The van der Waals surface area contributed by atoms with Crippen LogP contribution >= 0.6 is 0 Å². The van der Waals surface area contributed by atoms with Crippen LogP contribution in [0.3, 0.4) is 0 Å². The number of amidine groups is 1. The third-order valence-corrected chi connectivity index (χ3v) is 8.34. The third kappa shape index (κ3) is 7.23. The van der Waals surface area contributed by atoms with Crippen molar-refractivity contribution in [1.82, 2.24) is 20.0 Å². The van der Waals surface area contributed by atoms with Crippen LogP contribution in [0.15, 0.2) is 113 Å². The first-order valence-corrected chi connectivity index (χ1v) is 15.1. The fraction of sp³-hybridized carbons (Fsp3) is 0.200. The maximum Gasteiger partial charge on any atom is 0.405 e. The van der Waals surface area contributed by atoms with Crippen LogP contribution in [-0.4, -0.2) is 39.2 Å². The summed E-state index contributed by atoms with van der Waals surface area (Å²) < 4.78 is 78.6. The van der Waals surface area contributed by atoms with Crippen LogP contribution in [0.5, 0.6) is 0 Å². The smallest absolute Gasteiger partial charge is 0.354 e. The summed E-state index contributed by atoms with van der Waals surface area (Å²) in [6, 6.07) is 18.5. The van der Waals surface area contributed by atoms with Crippen LogP contribution in [-0.2, 0) is 11.1 Å². The number of nitrogens with one attached hydrogen (secondary N) is 1. The first-order valence-electron chi connectivity index (χ1n) is 15.1. The summed E-state index contributed by atoms with van der Waals surface area (Å²) >= 11 is 0. The third-order valence-electron chi connectivity index (χ3n) is 8.34. The molecule has 0 amide bonds. The molecule has 0 aliphatic carbocycles. The first-order chi connectivity index (χ1) is 23.7. The Labute approximate surface area is 282 Å². The normalized spacial score (nSPS) is 18.7. The lowest BCUT2D eigenvalue weighted by molar-refractivity contribution is -0.135. The van der Waals surface area contributed by atoms with E-state index in [-0.39, 0.29) is 11.7 Å². The second-order valence-corrected chi connectivity index (χ2v) is 11.4. The summed E-state index contributed by atoms with van der Waals surface area (Å²) in [7, 11) is 0. The predicted molar refractivity (Wildman–Crippen MR) is 173 cm³/mol. The fourth-order valence-electron chi connectivity index (χ4n) is 5.69. The van der Waals surface area contributed by atoms with Crippen molar-refractivity contribution in [3.63, 3.8) is 0 Å². The molecule has 0 unspecified atom stereocenters. The molecule has 3 aromatic heterocycles. The van der Waals surface area contributed by atoms with Crippen molar-refractivity contribution in [2.75, 3.05) is 0 Å². The number of nitrogens with two attached hydrogens (primary N) is 2. The lowest BCUT2D eigenvalue weighted by atomic mass is 9.79. The topological polar surface area (TPSA) is 133 Å². The zero-order valence-corrected chi connectivity index (χ0v) is 26.6. The number of aliphatic imine (C=N–C) groups is 1. The Hall–Kier alpha value is -5.54. The number of rotatable bonds is 8. The first kappa shape index (κ1) is 35.8. The second kappa shape index (κ2) is 14.5. The lowest BCUT2D eigenvalue weighted by Crippen LogP contribution is -2.51. The minimum atomic E-state index is -3.19. The SMILES string of the molecule is C[C@@H]1N=C(c2ccc(=O)n(OC(F)F)c2)N[C@]1(c1ccc(F)cc1)c1ccc(F)nc1.C[C@H](N)[C@@](N)(c1ccc(F)cc1)c1ccc(F)nc1. The fourth-order valence-corrected chi connectivity index (χ4v) is 5.69. The van der Waals surface area contributed by atoms with Crippen LogP contribution in [0.4, 0.5) is 26.3 Å². The molecule has 1 aliphatic rings. The van der Waals surface area contributed by atoms with E-state index in [0.717, 1.165) is 12.3 Å². The Balaban J connectivity index is 0.000000219. The van der Waals surface area contributed by atoms with Gasteiger partial charge in [0.2, 0.25) is 11.9 Å². The lowest BCUT2D eigenvalue weighted by Gasteiger charge is -2.34. The van der Waals surface area contributed by atoms with E-state index in [9.17, 15) is 31.1 Å². The van der Waals surface area contributed by atoms with Crippen LogP contribution in [0, 0.1) is 23.5 Å². The van der Waals surface area contributed by atoms with Crippen LogP contribution in [0.25, 0.3) is 0 Å². The maximum absolute atomic E-state index is 13.6. The Morgan fingerprint density at radius 1 is 0.820 bits per heavy atom. The maximum atomic E-state index is 13.6. The Morgan fingerprint density at radius 2 is 1.38 bits per heavy atom. The molecular formula is C35H31F6N7O2. The molecule has 5 aromatic rings. The minimum Gasteiger partial charge on any atom is -0.354 e. The number of hydrogen-bond donors (Lipinski definition) is 3. The molecule has 0 saturated heterocycles. The highest BCUT2D eigenvalue weighted by Crippen LogP contribution is 2.38. The predicted octanol–water partition coefficient (Wildman–Crippen LogP) is 4.76. The summed E-state index contributed by atoms with van der Waals surface area (Å²) in [6.45, 7) is 0.347. The average Bonchev–Trinajstić information content (AvgIpc) is 3.44. The number of alkyl halides is 2. The molecule has 6 rings (SSSR count). The zero-order chi connectivity index (χ0) is 36.2. The molecule has 4 atom stereocenters. The van der Waals surface area contributed by atoms with Gasteiger partial charge in [-0.2, -0.15) is 17.6 Å². The summed E-state index contributed by atoms with van der Waals surface area (Å²) in [5, 5.41) is 3.25. The molecule has 9 nitrogen and oxygen atoms in total. The van der Waals surface area contributed by atoms with Crippen molar-refractivity contribution in [3.05, 3.63) is 165 Å². The van der Waals surface area contributed by atoms with Crippen molar-refractivity contribution >= 4 is 5.84 Å². The van der Waals surface area contributed by atoms with Gasteiger partial charge in [0.15, 0.2) is 0 Å². The van der Waals surface area contributed by atoms with Gasteiger partial charge in [0.05, 0.1) is 17.8 Å². The number of hydrogen-bond acceptors (Lipinski definition) is 8. The van der Waals surface area contributed by atoms with Gasteiger partial charge in [-0.15, -0.1) is 4.73 Å². The molecular weight excluding hydrogens is 664 g/mol. The average molecular weight is 696 g/mol. The number of benzene rings is 2. The minimum absolute atomic E-state index is 0.285. The van der Waals surface area contributed by atoms with Crippen molar-refractivity contribution in [1.29, 1.82) is 0 Å². The Kier molecular flexibility index (Phi) is 10.4. The quantitative estimate of drug-likeness (QED) is 0.158. The van der Waals surface area contributed by atoms with E-state index in [2.05, 4.69) is 25.1 Å². The van der Waals surface area contributed by atoms with Crippen LogP contribution < -0.4 is 27.2 Å². The molecule has 0 radical (unpaired) electrons. The molecule has 4 heterocycles. The van der Waals surface area contributed by atoms with Gasteiger partial charge in [-0.05, 0) is 73.0 Å². The molecule has 50 heavy (non-hydrogen) atoms. The summed E-state index contributed by atoms with van der Waals surface area (Å²) in [4.78, 5) is 27.9. The van der Waals surface area contributed by atoms with Gasteiger partial charge in [-0.1, -0.05) is 36.4 Å². The van der Waals surface area contributed by atoms with Gasteiger partial charge < -0.3 is 21.6 Å². The Bertz CT molecular complexity index is 1910. The molecule has 2 aromatic carbocycles. The van der Waals surface area contributed by atoms with Gasteiger partial charge in [0.1, 0.15) is 23.0 Å². The molecule has 260 valence electrons. The van der Waals surface area contributed by atoms with Crippen LogP contribution in [0.2, 0.25) is 0 Å². The molecule has 1 aliphatic heterocycles. The number of halogens is 6. The Morgan fingerprint density at radius 3 is 1.92 bits per heavy atom. The molecule has 0 saturated carbocycles. The van der Waals surface area contributed by atoms with E-state index >= 15 is 0 Å². The highest BCUT2D eigenvalue weighted by atomic mass is 19.3. The standard InChI is InChI=1S/C21H16F4N4O2.C14H15F2N3/c1-12-21(14-3-6-16(22)7-4-14,15-5-8-17(23)26-10-15)28-19(27-12)13-2-9-18(30)29(11-13)31-20(24)25;1-9(17)14(18,10-2-5-12(15)6-3-10)11-4-7-13(16)19-8-11/h2-12,20H,1H3,(H,27,28);2-9H,17-18H2,1H3/t12-,21+;9-,14+/m00/s1. The van der Waals surface area contributed by atoms with E-state index in [1.165, 1.54) is 67.0 Å². The van der Waals surface area contributed by atoms with E-state index in [4.69, 9.17) is 11.5 Å². The van der Waals surface area contributed by atoms with Gasteiger partial charge in [-0.25, -0.2) is 18.7 Å². The van der Waals surface area contributed by atoms with Crippen LogP contribution in [0.1, 0.15) is 41.7 Å². The van der Waals surface area contributed by atoms with Gasteiger partial charge in [0, 0.05) is 35.6 Å². The highest BCUT2D eigenvalue weighted by Gasteiger charge is 2.45. The van der Waals surface area contributed by atoms with E-state index in [1.807, 2.05) is 0 Å². The molecule has 15 heteroatoms.